The van der Waals surface area contributed by atoms with Crippen molar-refractivity contribution in [3.8, 4) is 0 Å². The van der Waals surface area contributed by atoms with Crippen LogP contribution in [0.5, 0.6) is 0 Å². The van der Waals surface area contributed by atoms with Gasteiger partial charge in [-0.2, -0.15) is 0 Å². The Morgan fingerprint density at radius 2 is 2.03 bits per heavy atom. The van der Waals surface area contributed by atoms with Gasteiger partial charge in [0.1, 0.15) is 5.69 Å². The second kappa shape index (κ2) is 7.68. The van der Waals surface area contributed by atoms with Gasteiger partial charge in [0.25, 0.3) is 5.91 Å². The third-order valence-corrected chi connectivity index (χ3v) is 6.13. The monoisotopic (exact) mass is 424 g/mol. The molecule has 1 saturated heterocycles. The highest BCUT2D eigenvalue weighted by Crippen LogP contribution is 2.33. The van der Waals surface area contributed by atoms with E-state index < -0.39 is 17.3 Å². The topological polar surface area (TPSA) is 59.3 Å². The minimum Gasteiger partial charge on any atom is -0.331 e. The van der Waals surface area contributed by atoms with Crippen LogP contribution in [0.15, 0.2) is 52.6 Å². The highest BCUT2D eigenvalue weighted by Gasteiger charge is 2.25. The summed E-state index contributed by atoms with van der Waals surface area (Å²) in [5.41, 5.74) is 2.37. The SMILES string of the molecule is O=C1NC(=Nc2c(F)cccc2F)S/C1=C/c1ccc2ncn(CCC3CC3)c2c1. The number of amidine groups is 1. The lowest BCUT2D eigenvalue weighted by atomic mass is 10.2. The third-order valence-electron chi connectivity index (χ3n) is 5.22. The fraction of sp³-hybridized carbons (Fsp3) is 0.227. The van der Waals surface area contributed by atoms with Crippen molar-refractivity contribution in [2.24, 2.45) is 10.9 Å². The summed E-state index contributed by atoms with van der Waals surface area (Å²) >= 11 is 1.05. The standard InChI is InChI=1S/C22H18F2N4OS/c23-15-2-1-3-16(24)20(15)26-22-27-21(29)19(30-22)11-14-6-7-17-18(10-14)28(12-25-17)9-8-13-4-5-13/h1-3,6-7,10-13H,4-5,8-9H2,(H,26,27,29)/b19-11+. The van der Waals surface area contributed by atoms with Crippen molar-refractivity contribution in [1.82, 2.24) is 14.9 Å². The van der Waals surface area contributed by atoms with Crippen LogP contribution >= 0.6 is 11.8 Å². The Balaban J connectivity index is 1.40. The van der Waals surface area contributed by atoms with E-state index in [1.807, 2.05) is 24.5 Å². The predicted octanol–water partition coefficient (Wildman–Crippen LogP) is 5.01. The van der Waals surface area contributed by atoms with Crippen LogP contribution in [-0.2, 0) is 11.3 Å². The van der Waals surface area contributed by atoms with Crippen molar-refractivity contribution in [2.75, 3.05) is 0 Å². The van der Waals surface area contributed by atoms with Crippen molar-refractivity contribution in [1.29, 1.82) is 0 Å². The maximum Gasteiger partial charge on any atom is 0.264 e. The van der Waals surface area contributed by atoms with Crippen LogP contribution in [0.25, 0.3) is 17.1 Å². The molecule has 0 radical (unpaired) electrons. The van der Waals surface area contributed by atoms with E-state index in [9.17, 15) is 13.6 Å². The van der Waals surface area contributed by atoms with Crippen LogP contribution in [-0.4, -0.2) is 20.6 Å². The number of hydrogen-bond donors (Lipinski definition) is 1. The number of hydrogen-bond acceptors (Lipinski definition) is 4. The molecule has 0 bridgehead atoms. The summed E-state index contributed by atoms with van der Waals surface area (Å²) in [5.74, 6) is -1.07. The molecule has 1 aliphatic carbocycles. The largest absolute Gasteiger partial charge is 0.331 e. The molecule has 1 aliphatic heterocycles. The number of amides is 1. The van der Waals surface area contributed by atoms with E-state index in [2.05, 4.69) is 19.9 Å². The number of carbonyl (C=O) groups is 1. The van der Waals surface area contributed by atoms with Crippen LogP contribution in [0.2, 0.25) is 0 Å². The first-order chi connectivity index (χ1) is 14.6. The van der Waals surface area contributed by atoms with Gasteiger partial charge in [0.05, 0.1) is 22.3 Å². The zero-order valence-electron chi connectivity index (χ0n) is 15.9. The van der Waals surface area contributed by atoms with Crippen molar-refractivity contribution in [3.05, 3.63) is 64.8 Å². The number of fused-ring (bicyclic) bond motifs is 1. The quantitative estimate of drug-likeness (QED) is 0.586. The summed E-state index contributed by atoms with van der Waals surface area (Å²) in [4.78, 5) is 21.1. The van der Waals surface area contributed by atoms with Crippen LogP contribution < -0.4 is 5.32 Å². The molecule has 0 unspecified atom stereocenters. The smallest absolute Gasteiger partial charge is 0.264 e. The van der Waals surface area contributed by atoms with Crippen molar-refractivity contribution in [3.63, 3.8) is 0 Å². The van der Waals surface area contributed by atoms with Gasteiger partial charge in [0.15, 0.2) is 16.8 Å². The average Bonchev–Trinajstić information content (AvgIpc) is 3.38. The lowest BCUT2D eigenvalue weighted by Gasteiger charge is -2.04. The fourth-order valence-electron chi connectivity index (χ4n) is 3.40. The number of thioether (sulfide) groups is 1. The van der Waals surface area contributed by atoms with Gasteiger partial charge in [-0.25, -0.2) is 18.8 Å². The number of nitrogens with zero attached hydrogens (tertiary/aromatic N) is 3. The highest BCUT2D eigenvalue weighted by molar-refractivity contribution is 8.18. The number of para-hydroxylation sites is 1. The number of aryl methyl sites for hydroxylation is 1. The minimum atomic E-state index is -0.778. The number of aliphatic imine (C=N–C) groups is 1. The highest BCUT2D eigenvalue weighted by atomic mass is 32.2. The molecule has 5 rings (SSSR count). The number of rotatable bonds is 5. The molecule has 8 heteroatoms. The molecule has 152 valence electrons. The maximum atomic E-state index is 13.8. The van der Waals surface area contributed by atoms with Crippen LogP contribution in [0.1, 0.15) is 24.8 Å². The summed E-state index contributed by atoms with van der Waals surface area (Å²) in [6.07, 6.45) is 7.39. The normalized spacial score (nSPS) is 19.2. The number of nitrogens with one attached hydrogen (secondary N) is 1. The Kier molecular flexibility index (Phi) is 4.86. The molecule has 3 aromatic rings. The molecule has 1 N–H and O–H groups in total. The van der Waals surface area contributed by atoms with Gasteiger partial charge in [-0.1, -0.05) is 25.0 Å². The molecular weight excluding hydrogens is 406 g/mol. The van der Waals surface area contributed by atoms with Gasteiger partial charge in [0.2, 0.25) is 0 Å². The van der Waals surface area contributed by atoms with E-state index in [1.54, 1.807) is 6.08 Å². The Morgan fingerprint density at radius 1 is 1.23 bits per heavy atom. The van der Waals surface area contributed by atoms with E-state index in [-0.39, 0.29) is 11.1 Å². The van der Waals surface area contributed by atoms with Crippen molar-refractivity contribution in [2.45, 2.75) is 25.8 Å². The van der Waals surface area contributed by atoms with Gasteiger partial charge in [-0.15, -0.1) is 0 Å². The van der Waals surface area contributed by atoms with E-state index >= 15 is 0 Å². The molecule has 1 amide bonds. The Labute approximate surface area is 175 Å². The van der Waals surface area contributed by atoms with E-state index in [1.165, 1.54) is 18.9 Å². The summed E-state index contributed by atoms with van der Waals surface area (Å²) in [6, 6.07) is 9.35. The van der Waals surface area contributed by atoms with E-state index in [4.69, 9.17) is 0 Å². The summed E-state index contributed by atoms with van der Waals surface area (Å²) < 4.78 is 29.8. The Bertz CT molecular complexity index is 1190. The molecule has 2 fully saturated rings. The van der Waals surface area contributed by atoms with Crippen LogP contribution in [0.3, 0.4) is 0 Å². The lowest BCUT2D eigenvalue weighted by molar-refractivity contribution is -0.115. The van der Waals surface area contributed by atoms with Gasteiger partial charge in [-0.3, -0.25) is 4.79 Å². The average molecular weight is 424 g/mol. The first-order valence-corrected chi connectivity index (χ1v) is 10.6. The van der Waals surface area contributed by atoms with Gasteiger partial charge < -0.3 is 9.88 Å². The number of imidazole rings is 1. The molecule has 2 aromatic carbocycles. The van der Waals surface area contributed by atoms with Crippen molar-refractivity contribution < 1.29 is 13.6 Å². The predicted molar refractivity (Wildman–Crippen MR) is 114 cm³/mol. The molecule has 5 nitrogen and oxygen atoms in total. The van der Waals surface area contributed by atoms with Crippen molar-refractivity contribution >= 4 is 45.6 Å². The summed E-state index contributed by atoms with van der Waals surface area (Å²) in [6.45, 7) is 0.932. The first-order valence-electron chi connectivity index (χ1n) is 9.75. The second-order valence-electron chi connectivity index (χ2n) is 7.47. The lowest BCUT2D eigenvalue weighted by Crippen LogP contribution is -2.19. The van der Waals surface area contributed by atoms with Gasteiger partial charge >= 0.3 is 0 Å². The number of halogens is 2. The Hall–Kier alpha value is -3.00. The molecule has 0 spiro atoms. The van der Waals surface area contributed by atoms with E-state index in [0.29, 0.717) is 4.91 Å². The number of carbonyl (C=O) groups excluding carboxylic acids is 1. The zero-order valence-corrected chi connectivity index (χ0v) is 16.8. The molecule has 1 saturated carbocycles. The molecular formula is C22H18F2N4OS. The molecule has 2 aliphatic rings. The molecule has 0 atom stereocenters. The van der Waals surface area contributed by atoms with Crippen LogP contribution in [0, 0.1) is 17.6 Å². The number of aromatic nitrogens is 2. The summed E-state index contributed by atoms with van der Waals surface area (Å²) in [5, 5.41) is 2.71. The Morgan fingerprint density at radius 3 is 2.80 bits per heavy atom. The second-order valence-corrected chi connectivity index (χ2v) is 8.50. The molecule has 1 aromatic heterocycles. The fourth-order valence-corrected chi connectivity index (χ4v) is 4.23. The minimum absolute atomic E-state index is 0.144. The molecule has 2 heterocycles. The third kappa shape index (κ3) is 3.87. The number of benzene rings is 2. The first kappa shape index (κ1) is 19.0. The zero-order chi connectivity index (χ0) is 20.7. The van der Waals surface area contributed by atoms with E-state index in [0.717, 1.165) is 59.4 Å². The maximum absolute atomic E-state index is 13.8. The molecule has 30 heavy (non-hydrogen) atoms. The summed E-state index contributed by atoms with van der Waals surface area (Å²) in [7, 11) is 0. The van der Waals surface area contributed by atoms with Gasteiger partial charge in [-0.05, 0) is 60.0 Å². The van der Waals surface area contributed by atoms with Crippen LogP contribution in [0.4, 0.5) is 14.5 Å². The van der Waals surface area contributed by atoms with Gasteiger partial charge in [0, 0.05) is 6.54 Å².